The van der Waals surface area contributed by atoms with Gasteiger partial charge in [-0.3, -0.25) is 4.79 Å². The number of carboxylic acids is 1. The Morgan fingerprint density at radius 2 is 1.74 bits per heavy atom. The number of hydrogen-bond acceptors (Lipinski definition) is 2. The maximum atomic E-state index is 11.6. The Morgan fingerprint density at radius 3 is 2.16 bits per heavy atom. The first-order chi connectivity index (χ1) is 8.60. The monoisotopic (exact) mass is 272 g/mol. The van der Waals surface area contributed by atoms with Crippen LogP contribution in [0.1, 0.15) is 47.5 Å². The van der Waals surface area contributed by atoms with Crippen LogP contribution in [0.2, 0.25) is 0 Å². The van der Waals surface area contributed by atoms with Gasteiger partial charge < -0.3 is 15.7 Å². The Balaban J connectivity index is 4.08. The van der Waals surface area contributed by atoms with Crippen molar-refractivity contribution < 1.29 is 14.7 Å². The second kappa shape index (κ2) is 8.02. The van der Waals surface area contributed by atoms with Crippen molar-refractivity contribution in [3.05, 3.63) is 0 Å². The number of carboxylic acid groups (broad SMARTS) is 1. The molecule has 2 amide bonds. The van der Waals surface area contributed by atoms with Crippen LogP contribution >= 0.6 is 0 Å². The van der Waals surface area contributed by atoms with Crippen molar-refractivity contribution in [2.45, 2.75) is 47.5 Å². The molecule has 5 nitrogen and oxygen atoms in total. The highest BCUT2D eigenvalue weighted by Crippen LogP contribution is 2.14. The van der Waals surface area contributed by atoms with Gasteiger partial charge in [-0.05, 0) is 23.7 Å². The average Bonchev–Trinajstić information content (AvgIpc) is 2.20. The first kappa shape index (κ1) is 17.7. The summed E-state index contributed by atoms with van der Waals surface area (Å²) in [5, 5.41) is 14.4. The Bertz CT molecular complexity index is 296. The Kier molecular flexibility index (Phi) is 7.49. The molecule has 0 radical (unpaired) electrons. The van der Waals surface area contributed by atoms with Gasteiger partial charge in [0.1, 0.15) is 0 Å². The van der Waals surface area contributed by atoms with Crippen LogP contribution < -0.4 is 10.6 Å². The third-order valence-electron chi connectivity index (χ3n) is 2.60. The molecule has 0 aromatic heterocycles. The summed E-state index contributed by atoms with van der Waals surface area (Å²) in [7, 11) is 0. The van der Waals surface area contributed by atoms with Crippen molar-refractivity contribution in [1.29, 1.82) is 0 Å². The van der Waals surface area contributed by atoms with E-state index in [-0.39, 0.29) is 23.8 Å². The lowest BCUT2D eigenvalue weighted by Gasteiger charge is -2.21. The fourth-order valence-corrected chi connectivity index (χ4v) is 1.80. The van der Waals surface area contributed by atoms with Gasteiger partial charge in [-0.1, -0.05) is 34.6 Å². The van der Waals surface area contributed by atoms with Crippen LogP contribution in [-0.2, 0) is 4.79 Å². The lowest BCUT2D eigenvalue weighted by molar-refractivity contribution is -0.138. The van der Waals surface area contributed by atoms with Crippen LogP contribution in [0.3, 0.4) is 0 Å². The molecule has 1 atom stereocenters. The molecule has 0 fully saturated rings. The van der Waals surface area contributed by atoms with Crippen molar-refractivity contribution in [3.63, 3.8) is 0 Å². The van der Waals surface area contributed by atoms with Crippen LogP contribution in [-0.4, -0.2) is 30.2 Å². The van der Waals surface area contributed by atoms with Crippen LogP contribution in [0.15, 0.2) is 0 Å². The van der Waals surface area contributed by atoms with Crippen LogP contribution in [0.4, 0.5) is 4.79 Å². The zero-order valence-electron chi connectivity index (χ0n) is 12.7. The van der Waals surface area contributed by atoms with E-state index < -0.39 is 5.97 Å². The van der Waals surface area contributed by atoms with Gasteiger partial charge in [0, 0.05) is 19.5 Å². The van der Waals surface area contributed by atoms with Crippen molar-refractivity contribution >= 4 is 12.0 Å². The SMILES string of the molecule is CC(C)C[C@H](CNC(=O)NCC(C)(C)C)CC(=O)O. The van der Waals surface area contributed by atoms with Gasteiger partial charge in [-0.15, -0.1) is 0 Å². The topological polar surface area (TPSA) is 78.4 Å². The molecule has 0 bridgehead atoms. The van der Waals surface area contributed by atoms with E-state index in [1.54, 1.807) is 0 Å². The van der Waals surface area contributed by atoms with E-state index in [2.05, 4.69) is 24.5 Å². The standard InChI is InChI=1S/C14H28N2O3/c1-10(2)6-11(7-12(17)18)8-15-13(19)16-9-14(3,4)5/h10-11H,6-9H2,1-5H3,(H,17,18)(H2,15,16,19)/t11-/m0/s1. The minimum absolute atomic E-state index is 0.0158. The average molecular weight is 272 g/mol. The molecular weight excluding hydrogens is 244 g/mol. The lowest BCUT2D eigenvalue weighted by atomic mass is 9.94. The van der Waals surface area contributed by atoms with Crippen molar-refractivity contribution in [3.8, 4) is 0 Å². The predicted molar refractivity (Wildman–Crippen MR) is 76.1 cm³/mol. The van der Waals surface area contributed by atoms with E-state index >= 15 is 0 Å². The maximum Gasteiger partial charge on any atom is 0.314 e. The minimum atomic E-state index is -0.817. The Labute approximate surface area is 116 Å². The molecule has 5 heteroatoms. The largest absolute Gasteiger partial charge is 0.481 e. The molecule has 0 aliphatic carbocycles. The molecule has 19 heavy (non-hydrogen) atoms. The molecule has 0 aliphatic rings. The molecule has 0 spiro atoms. The van der Waals surface area contributed by atoms with Gasteiger partial charge in [-0.25, -0.2) is 4.79 Å². The van der Waals surface area contributed by atoms with Crippen molar-refractivity contribution in [2.24, 2.45) is 17.3 Å². The maximum absolute atomic E-state index is 11.6. The summed E-state index contributed by atoms with van der Waals surface area (Å²) >= 11 is 0. The summed E-state index contributed by atoms with van der Waals surface area (Å²) in [6.45, 7) is 11.2. The molecule has 0 aromatic carbocycles. The van der Waals surface area contributed by atoms with E-state index in [9.17, 15) is 9.59 Å². The van der Waals surface area contributed by atoms with E-state index in [0.29, 0.717) is 19.0 Å². The quantitative estimate of drug-likeness (QED) is 0.666. The third-order valence-corrected chi connectivity index (χ3v) is 2.60. The third kappa shape index (κ3) is 11.6. The highest BCUT2D eigenvalue weighted by atomic mass is 16.4. The number of carbonyl (C=O) groups is 2. The minimum Gasteiger partial charge on any atom is -0.481 e. The number of carbonyl (C=O) groups excluding carboxylic acids is 1. The molecule has 0 aromatic rings. The smallest absolute Gasteiger partial charge is 0.314 e. The first-order valence-electron chi connectivity index (χ1n) is 6.83. The van der Waals surface area contributed by atoms with E-state index in [4.69, 9.17) is 5.11 Å². The zero-order chi connectivity index (χ0) is 15.1. The molecule has 0 aliphatic heterocycles. The number of nitrogens with one attached hydrogen (secondary N) is 2. The molecule has 0 unspecified atom stereocenters. The summed E-state index contributed by atoms with van der Waals surface area (Å²) in [4.78, 5) is 22.4. The highest BCUT2D eigenvalue weighted by Gasteiger charge is 2.17. The van der Waals surface area contributed by atoms with Gasteiger partial charge in [-0.2, -0.15) is 0 Å². The summed E-state index contributed by atoms with van der Waals surface area (Å²) in [6, 6.07) is -0.228. The van der Waals surface area contributed by atoms with E-state index in [1.165, 1.54) is 0 Å². The fraction of sp³-hybridized carbons (Fsp3) is 0.857. The molecule has 0 saturated carbocycles. The van der Waals surface area contributed by atoms with Gasteiger partial charge in [0.2, 0.25) is 0 Å². The van der Waals surface area contributed by atoms with Crippen LogP contribution in [0, 0.1) is 17.3 Å². The molecule has 0 rings (SSSR count). The highest BCUT2D eigenvalue weighted by molar-refractivity contribution is 5.74. The van der Waals surface area contributed by atoms with E-state index in [0.717, 1.165) is 6.42 Å². The lowest BCUT2D eigenvalue weighted by Crippen LogP contribution is -2.42. The summed E-state index contributed by atoms with van der Waals surface area (Å²) < 4.78 is 0. The normalized spacial score (nSPS) is 13.2. The van der Waals surface area contributed by atoms with Crippen molar-refractivity contribution in [1.82, 2.24) is 10.6 Å². The number of urea groups is 1. The Morgan fingerprint density at radius 1 is 1.16 bits per heavy atom. The van der Waals surface area contributed by atoms with Crippen LogP contribution in [0.25, 0.3) is 0 Å². The van der Waals surface area contributed by atoms with Crippen molar-refractivity contribution in [2.75, 3.05) is 13.1 Å². The summed E-state index contributed by atoms with van der Waals surface area (Å²) in [5.41, 5.74) is 0.0374. The van der Waals surface area contributed by atoms with Gasteiger partial charge in [0.25, 0.3) is 0 Å². The van der Waals surface area contributed by atoms with Gasteiger partial charge >= 0.3 is 12.0 Å². The number of hydrogen-bond donors (Lipinski definition) is 3. The molecule has 0 heterocycles. The summed E-state index contributed by atoms with van der Waals surface area (Å²) in [6.07, 6.45) is 0.892. The zero-order valence-corrected chi connectivity index (χ0v) is 12.7. The molecular formula is C14H28N2O3. The second-order valence-electron chi connectivity index (χ2n) is 6.72. The fourth-order valence-electron chi connectivity index (χ4n) is 1.80. The number of rotatable bonds is 7. The number of amides is 2. The van der Waals surface area contributed by atoms with Gasteiger partial charge in [0.05, 0.1) is 0 Å². The first-order valence-corrected chi connectivity index (χ1v) is 6.83. The van der Waals surface area contributed by atoms with E-state index in [1.807, 2.05) is 20.8 Å². The van der Waals surface area contributed by atoms with Gasteiger partial charge in [0.15, 0.2) is 0 Å². The number of aliphatic carboxylic acids is 1. The summed E-state index contributed by atoms with van der Waals surface area (Å²) in [5.74, 6) is -0.413. The Hall–Kier alpha value is -1.26. The second-order valence-corrected chi connectivity index (χ2v) is 6.72. The molecule has 112 valence electrons. The molecule has 3 N–H and O–H groups in total. The molecule has 0 saturated heterocycles. The predicted octanol–water partition coefficient (Wildman–Crippen LogP) is 2.47. The van der Waals surface area contributed by atoms with Crippen LogP contribution in [0.5, 0.6) is 0 Å².